The minimum Gasteiger partial charge on any atom is -0.480 e. The van der Waals surface area contributed by atoms with E-state index in [9.17, 15) is 23.1 Å². The average Bonchev–Trinajstić information content (AvgIpc) is 2.68. The van der Waals surface area contributed by atoms with E-state index >= 15 is 0 Å². The molecule has 148 valence electrons. The van der Waals surface area contributed by atoms with Crippen molar-refractivity contribution in [3.63, 3.8) is 0 Å². The molecule has 0 saturated carbocycles. The second-order valence-electron chi connectivity index (χ2n) is 6.24. The smallest absolute Gasteiger partial charge is 0.328 e. The Morgan fingerprint density at radius 3 is 2.70 bits per heavy atom. The van der Waals surface area contributed by atoms with Gasteiger partial charge >= 0.3 is 5.97 Å². The van der Waals surface area contributed by atoms with Crippen LogP contribution in [0.15, 0.2) is 47.9 Å². The van der Waals surface area contributed by atoms with Crippen molar-refractivity contribution in [1.29, 1.82) is 0 Å². The summed E-state index contributed by atoms with van der Waals surface area (Å²) in [6.07, 6.45) is 2.50. The number of benzene rings is 1. The Kier molecular flexibility index (Phi) is 7.52. The predicted octanol–water partition coefficient (Wildman–Crippen LogP) is 0.859. The van der Waals surface area contributed by atoms with E-state index in [0.29, 0.717) is 19.4 Å². The van der Waals surface area contributed by atoms with Crippen molar-refractivity contribution in [2.45, 2.75) is 23.8 Å². The standard InChI is InChI=1S/C18H24N2O6S/c1-2-11-26-13-16(18(22)23)19-17(21)14-7-6-10-20(12-14)27(24,25)15-8-4-3-5-9-15/h2-5,8-9,14,16H,1,6-7,10-13H2,(H,19,21)(H,22,23). The molecule has 27 heavy (non-hydrogen) atoms. The lowest BCUT2D eigenvalue weighted by atomic mass is 9.98. The number of piperidine rings is 1. The van der Waals surface area contributed by atoms with Crippen LogP contribution in [0.4, 0.5) is 0 Å². The van der Waals surface area contributed by atoms with Crippen molar-refractivity contribution in [2.75, 3.05) is 26.3 Å². The van der Waals surface area contributed by atoms with Crippen LogP contribution in [0, 0.1) is 5.92 Å². The molecule has 1 aromatic carbocycles. The Bertz CT molecular complexity index is 765. The number of carboxylic acid groups (broad SMARTS) is 1. The molecule has 1 saturated heterocycles. The molecule has 0 aliphatic carbocycles. The fourth-order valence-electron chi connectivity index (χ4n) is 2.85. The second kappa shape index (κ2) is 9.63. The fraction of sp³-hybridized carbons (Fsp3) is 0.444. The van der Waals surface area contributed by atoms with E-state index in [4.69, 9.17) is 4.74 Å². The molecule has 8 nitrogen and oxygen atoms in total. The molecule has 1 aromatic rings. The topological polar surface area (TPSA) is 113 Å². The highest BCUT2D eigenvalue weighted by atomic mass is 32.2. The summed E-state index contributed by atoms with van der Waals surface area (Å²) in [5, 5.41) is 11.7. The zero-order chi connectivity index (χ0) is 19.9. The second-order valence-corrected chi connectivity index (χ2v) is 8.18. The van der Waals surface area contributed by atoms with Crippen molar-refractivity contribution in [1.82, 2.24) is 9.62 Å². The third kappa shape index (κ3) is 5.62. The molecular formula is C18H24N2O6S. The monoisotopic (exact) mass is 396 g/mol. The minimum absolute atomic E-state index is 0.0168. The van der Waals surface area contributed by atoms with E-state index in [2.05, 4.69) is 11.9 Å². The first-order chi connectivity index (χ1) is 12.9. The molecule has 2 N–H and O–H groups in total. The number of amides is 1. The van der Waals surface area contributed by atoms with Gasteiger partial charge in [0.1, 0.15) is 0 Å². The Balaban J connectivity index is 2.03. The highest BCUT2D eigenvalue weighted by molar-refractivity contribution is 7.89. The Labute approximate surface area is 158 Å². The molecular weight excluding hydrogens is 372 g/mol. The molecule has 2 unspecified atom stereocenters. The maximum Gasteiger partial charge on any atom is 0.328 e. The maximum atomic E-state index is 12.7. The zero-order valence-electron chi connectivity index (χ0n) is 14.9. The Hall–Kier alpha value is -2.23. The number of carboxylic acids is 1. The van der Waals surface area contributed by atoms with Gasteiger partial charge in [0.15, 0.2) is 6.04 Å². The number of rotatable bonds is 9. The van der Waals surface area contributed by atoms with E-state index in [-0.39, 0.29) is 24.7 Å². The zero-order valence-corrected chi connectivity index (χ0v) is 15.7. The maximum absolute atomic E-state index is 12.7. The van der Waals surface area contributed by atoms with Gasteiger partial charge in [-0.15, -0.1) is 6.58 Å². The van der Waals surface area contributed by atoms with E-state index in [1.54, 1.807) is 18.2 Å². The summed E-state index contributed by atoms with van der Waals surface area (Å²) in [5.41, 5.74) is 0. The number of hydrogen-bond acceptors (Lipinski definition) is 5. The fourth-order valence-corrected chi connectivity index (χ4v) is 4.39. The quantitative estimate of drug-likeness (QED) is 0.473. The van der Waals surface area contributed by atoms with Crippen LogP contribution in [0.1, 0.15) is 12.8 Å². The first kappa shape index (κ1) is 21.1. The number of carbonyl (C=O) groups excluding carboxylic acids is 1. The van der Waals surface area contributed by atoms with Gasteiger partial charge in [0.2, 0.25) is 15.9 Å². The lowest BCUT2D eigenvalue weighted by molar-refractivity contribution is -0.144. The van der Waals surface area contributed by atoms with E-state index in [0.717, 1.165) is 0 Å². The predicted molar refractivity (Wildman–Crippen MR) is 98.5 cm³/mol. The summed E-state index contributed by atoms with van der Waals surface area (Å²) in [5.74, 6) is -2.31. The molecule has 0 radical (unpaired) electrons. The van der Waals surface area contributed by atoms with Crippen molar-refractivity contribution < 1.29 is 27.9 Å². The number of sulfonamides is 1. The SMILES string of the molecule is C=CCOCC(NC(=O)C1CCCN(S(=O)(=O)c2ccccc2)C1)C(=O)O. The van der Waals surface area contributed by atoms with Crippen LogP contribution in [0.2, 0.25) is 0 Å². The van der Waals surface area contributed by atoms with Gasteiger partial charge in [-0.25, -0.2) is 13.2 Å². The van der Waals surface area contributed by atoms with Gasteiger partial charge in [-0.1, -0.05) is 24.3 Å². The first-order valence-corrected chi connectivity index (χ1v) is 10.1. The molecule has 9 heteroatoms. The first-order valence-electron chi connectivity index (χ1n) is 8.63. The lowest BCUT2D eigenvalue weighted by Crippen LogP contribution is -2.50. The number of nitrogens with zero attached hydrogens (tertiary/aromatic N) is 1. The molecule has 2 atom stereocenters. The normalized spacial score (nSPS) is 19.2. The van der Waals surface area contributed by atoms with Crippen LogP contribution in [0.25, 0.3) is 0 Å². The van der Waals surface area contributed by atoms with Crippen LogP contribution in [0.3, 0.4) is 0 Å². The summed E-state index contributed by atoms with van der Waals surface area (Å²) in [4.78, 5) is 24.0. The molecule has 1 aliphatic heterocycles. The number of carbonyl (C=O) groups is 2. The van der Waals surface area contributed by atoms with Gasteiger partial charge in [-0.3, -0.25) is 4.79 Å². The van der Waals surface area contributed by atoms with Gasteiger partial charge in [-0.2, -0.15) is 4.31 Å². The van der Waals surface area contributed by atoms with Gasteiger partial charge in [0.25, 0.3) is 0 Å². The molecule has 0 spiro atoms. The summed E-state index contributed by atoms with van der Waals surface area (Å²) in [7, 11) is -3.69. The van der Waals surface area contributed by atoms with Crippen LogP contribution >= 0.6 is 0 Å². The lowest BCUT2D eigenvalue weighted by Gasteiger charge is -2.31. The average molecular weight is 396 g/mol. The summed E-state index contributed by atoms with van der Waals surface area (Å²) in [6.45, 7) is 3.80. The van der Waals surface area contributed by atoms with Gasteiger partial charge in [0.05, 0.1) is 24.0 Å². The minimum atomic E-state index is -3.69. The van der Waals surface area contributed by atoms with Gasteiger partial charge < -0.3 is 15.2 Å². The van der Waals surface area contributed by atoms with Crippen molar-refractivity contribution in [3.05, 3.63) is 43.0 Å². The molecule has 2 rings (SSSR count). The Morgan fingerprint density at radius 1 is 1.37 bits per heavy atom. The van der Waals surface area contributed by atoms with Crippen molar-refractivity contribution >= 4 is 21.9 Å². The van der Waals surface area contributed by atoms with E-state index in [1.165, 1.54) is 22.5 Å². The van der Waals surface area contributed by atoms with Gasteiger partial charge in [-0.05, 0) is 25.0 Å². The van der Waals surface area contributed by atoms with Crippen LogP contribution < -0.4 is 5.32 Å². The third-order valence-corrected chi connectivity index (χ3v) is 6.15. The van der Waals surface area contributed by atoms with Crippen molar-refractivity contribution in [3.8, 4) is 0 Å². The number of nitrogens with one attached hydrogen (secondary N) is 1. The summed E-state index contributed by atoms with van der Waals surface area (Å²) >= 11 is 0. The molecule has 1 heterocycles. The van der Waals surface area contributed by atoms with E-state index in [1.807, 2.05) is 0 Å². The number of aliphatic carboxylic acids is 1. The third-order valence-electron chi connectivity index (χ3n) is 4.27. The van der Waals surface area contributed by atoms with Crippen LogP contribution in [-0.4, -0.2) is 62.1 Å². The number of ether oxygens (including phenoxy) is 1. The molecule has 1 amide bonds. The molecule has 0 bridgehead atoms. The highest BCUT2D eigenvalue weighted by Crippen LogP contribution is 2.23. The summed E-state index contributed by atoms with van der Waals surface area (Å²) < 4.78 is 31.8. The highest BCUT2D eigenvalue weighted by Gasteiger charge is 2.34. The number of hydrogen-bond donors (Lipinski definition) is 2. The summed E-state index contributed by atoms with van der Waals surface area (Å²) in [6, 6.07) is 6.83. The van der Waals surface area contributed by atoms with Crippen molar-refractivity contribution in [2.24, 2.45) is 5.92 Å². The molecule has 1 aliphatic rings. The molecule has 1 fully saturated rings. The van der Waals surface area contributed by atoms with Crippen LogP contribution in [0.5, 0.6) is 0 Å². The van der Waals surface area contributed by atoms with Gasteiger partial charge in [0, 0.05) is 13.1 Å². The largest absolute Gasteiger partial charge is 0.480 e. The Morgan fingerprint density at radius 2 is 2.07 bits per heavy atom. The van der Waals surface area contributed by atoms with Crippen LogP contribution in [-0.2, 0) is 24.3 Å². The van der Waals surface area contributed by atoms with E-state index < -0.39 is 33.9 Å². The molecule has 0 aromatic heterocycles.